The van der Waals surface area contributed by atoms with Gasteiger partial charge in [0.05, 0.1) is 27.7 Å². The number of alkyl halides is 6. The first-order chi connectivity index (χ1) is 18.3. The van der Waals surface area contributed by atoms with E-state index in [1.54, 1.807) is 6.92 Å². The van der Waals surface area contributed by atoms with Crippen LogP contribution in [0.2, 0.25) is 0 Å². The highest BCUT2D eigenvalue weighted by Crippen LogP contribution is 2.31. The van der Waals surface area contributed by atoms with E-state index in [-0.39, 0.29) is 35.1 Å². The summed E-state index contributed by atoms with van der Waals surface area (Å²) in [6, 6.07) is 12.7. The molecular formula is C27H21F6N3O3. The quantitative estimate of drug-likeness (QED) is 0.325. The summed E-state index contributed by atoms with van der Waals surface area (Å²) in [5, 5.41) is 2.50. The number of aromatic nitrogens is 2. The zero-order chi connectivity index (χ0) is 28.5. The van der Waals surface area contributed by atoms with Crippen molar-refractivity contribution < 1.29 is 31.1 Å². The number of carbonyl (C=O) groups excluding carboxylic acids is 1. The van der Waals surface area contributed by atoms with E-state index in [1.165, 1.54) is 42.5 Å². The van der Waals surface area contributed by atoms with Crippen LogP contribution in [-0.2, 0) is 23.7 Å². The molecule has 1 N–H and O–H groups in total. The van der Waals surface area contributed by atoms with E-state index in [0.29, 0.717) is 10.6 Å². The van der Waals surface area contributed by atoms with Gasteiger partial charge in [0.2, 0.25) is 5.91 Å². The third-order valence-electron chi connectivity index (χ3n) is 6.15. The van der Waals surface area contributed by atoms with Gasteiger partial charge in [-0.25, -0.2) is 9.36 Å². The smallest absolute Gasteiger partial charge is 0.350 e. The number of para-hydroxylation sites is 1. The van der Waals surface area contributed by atoms with Crippen LogP contribution in [0.4, 0.5) is 26.3 Å². The number of hydrogen-bond acceptors (Lipinski definition) is 3. The van der Waals surface area contributed by atoms with Crippen LogP contribution < -0.4 is 16.6 Å². The van der Waals surface area contributed by atoms with Crippen molar-refractivity contribution in [2.45, 2.75) is 38.3 Å². The molecule has 0 fully saturated rings. The molecule has 0 saturated carbocycles. The monoisotopic (exact) mass is 549 g/mol. The van der Waals surface area contributed by atoms with Crippen LogP contribution in [0.1, 0.15) is 36.1 Å². The van der Waals surface area contributed by atoms with Gasteiger partial charge in [-0.3, -0.25) is 14.2 Å². The lowest BCUT2D eigenvalue weighted by Crippen LogP contribution is -2.44. The molecule has 1 atom stereocenters. The molecular weight excluding hydrogens is 528 g/mol. The van der Waals surface area contributed by atoms with Gasteiger partial charge < -0.3 is 5.32 Å². The van der Waals surface area contributed by atoms with Crippen LogP contribution in [-0.4, -0.2) is 15.0 Å². The molecule has 204 valence electrons. The lowest BCUT2D eigenvalue weighted by molar-refractivity contribution is -0.138. The molecule has 3 aromatic carbocycles. The molecule has 4 aromatic rings. The molecule has 12 heteroatoms. The second-order valence-electron chi connectivity index (χ2n) is 8.70. The van der Waals surface area contributed by atoms with E-state index in [2.05, 4.69) is 5.32 Å². The van der Waals surface area contributed by atoms with E-state index in [9.17, 15) is 40.7 Å². The van der Waals surface area contributed by atoms with E-state index in [0.717, 1.165) is 28.8 Å². The Kier molecular flexibility index (Phi) is 7.40. The molecule has 0 spiro atoms. The number of hydrogen-bond donors (Lipinski definition) is 1. The second-order valence-corrected chi connectivity index (χ2v) is 8.70. The molecule has 0 bridgehead atoms. The largest absolute Gasteiger partial charge is 0.416 e. The molecule has 0 aliphatic heterocycles. The van der Waals surface area contributed by atoms with Crippen molar-refractivity contribution in [3.05, 3.63) is 110 Å². The van der Waals surface area contributed by atoms with Crippen molar-refractivity contribution in [3.63, 3.8) is 0 Å². The van der Waals surface area contributed by atoms with E-state index >= 15 is 0 Å². The number of nitrogens with one attached hydrogen (secondary N) is 1. The lowest BCUT2D eigenvalue weighted by atomic mass is 10.1. The van der Waals surface area contributed by atoms with Gasteiger partial charge >= 0.3 is 18.0 Å². The molecule has 1 unspecified atom stereocenters. The second kappa shape index (κ2) is 10.4. The third kappa shape index (κ3) is 5.59. The summed E-state index contributed by atoms with van der Waals surface area (Å²) >= 11 is 0. The van der Waals surface area contributed by atoms with Gasteiger partial charge in [0, 0.05) is 6.54 Å². The van der Waals surface area contributed by atoms with Crippen molar-refractivity contribution in [3.8, 4) is 5.69 Å². The van der Waals surface area contributed by atoms with Gasteiger partial charge in [0.15, 0.2) is 0 Å². The molecule has 0 aliphatic rings. The predicted octanol–water partition coefficient (Wildman–Crippen LogP) is 5.46. The van der Waals surface area contributed by atoms with Gasteiger partial charge in [0.25, 0.3) is 5.56 Å². The first-order valence-electron chi connectivity index (χ1n) is 11.7. The van der Waals surface area contributed by atoms with Crippen LogP contribution in [0.25, 0.3) is 16.6 Å². The van der Waals surface area contributed by atoms with Gasteiger partial charge in [0.1, 0.15) is 6.04 Å². The maximum atomic E-state index is 13.6. The summed E-state index contributed by atoms with van der Waals surface area (Å²) in [5.74, 6) is -0.726. The third-order valence-corrected chi connectivity index (χ3v) is 6.15. The fourth-order valence-electron chi connectivity index (χ4n) is 4.28. The van der Waals surface area contributed by atoms with Crippen molar-refractivity contribution in [1.82, 2.24) is 14.5 Å². The molecule has 39 heavy (non-hydrogen) atoms. The van der Waals surface area contributed by atoms with E-state index < -0.39 is 46.7 Å². The number of rotatable bonds is 6. The van der Waals surface area contributed by atoms with Crippen molar-refractivity contribution in [1.29, 1.82) is 0 Å². The SMILES string of the molecule is CCC(C(=O)NCc1cccc(C(F)(F)F)c1)n1c(=O)n(-c2cccc(C(F)(F)F)c2)c(=O)c2ccccc21. The van der Waals surface area contributed by atoms with Gasteiger partial charge in [-0.15, -0.1) is 0 Å². The topological polar surface area (TPSA) is 73.1 Å². The van der Waals surface area contributed by atoms with Crippen molar-refractivity contribution in [2.75, 3.05) is 0 Å². The molecule has 6 nitrogen and oxygen atoms in total. The first kappa shape index (κ1) is 27.7. The highest BCUT2D eigenvalue weighted by atomic mass is 19.4. The van der Waals surface area contributed by atoms with E-state index in [1.807, 2.05) is 0 Å². The van der Waals surface area contributed by atoms with Crippen LogP contribution >= 0.6 is 0 Å². The number of halogens is 6. The minimum Gasteiger partial charge on any atom is -0.350 e. The van der Waals surface area contributed by atoms with Crippen molar-refractivity contribution in [2.24, 2.45) is 0 Å². The number of amides is 1. The maximum Gasteiger partial charge on any atom is 0.416 e. The average Bonchev–Trinajstić information content (AvgIpc) is 2.89. The molecule has 1 aromatic heterocycles. The molecule has 1 heterocycles. The summed E-state index contributed by atoms with van der Waals surface area (Å²) in [6.45, 7) is 1.30. The van der Waals surface area contributed by atoms with Crippen LogP contribution in [0.5, 0.6) is 0 Å². The molecule has 0 radical (unpaired) electrons. The Hall–Kier alpha value is -4.35. The zero-order valence-corrected chi connectivity index (χ0v) is 20.3. The standard InChI is InChI=1S/C27H21F6N3O3/c1-2-21(23(37)34-15-16-7-5-8-17(13-16)26(28,29)30)36-22-12-4-3-11-20(22)24(38)35(25(36)39)19-10-6-9-18(14-19)27(31,32)33/h3-14,21H,2,15H2,1H3,(H,34,37). The highest BCUT2D eigenvalue weighted by Gasteiger charge is 2.32. The van der Waals surface area contributed by atoms with E-state index in [4.69, 9.17) is 0 Å². The van der Waals surface area contributed by atoms with Gasteiger partial charge in [-0.1, -0.05) is 37.3 Å². The minimum absolute atomic E-state index is 0.0151. The zero-order valence-electron chi connectivity index (χ0n) is 20.3. The normalized spacial score (nSPS) is 12.9. The average molecular weight is 549 g/mol. The Bertz CT molecular complexity index is 1650. The fourth-order valence-corrected chi connectivity index (χ4v) is 4.28. The fraction of sp³-hybridized carbons (Fsp3) is 0.222. The number of fused-ring (bicyclic) bond motifs is 1. The van der Waals surface area contributed by atoms with Gasteiger partial charge in [-0.2, -0.15) is 26.3 Å². The Morgan fingerprint density at radius 3 is 2.10 bits per heavy atom. The summed E-state index contributed by atoms with van der Waals surface area (Å²) in [4.78, 5) is 40.1. The molecule has 4 rings (SSSR count). The lowest BCUT2D eigenvalue weighted by Gasteiger charge is -2.22. The van der Waals surface area contributed by atoms with Crippen LogP contribution in [0, 0.1) is 0 Å². The first-order valence-corrected chi connectivity index (χ1v) is 11.7. The summed E-state index contributed by atoms with van der Waals surface area (Å²) in [5.41, 5.74) is -3.97. The summed E-state index contributed by atoms with van der Waals surface area (Å²) < 4.78 is 80.7. The maximum absolute atomic E-state index is 13.6. The summed E-state index contributed by atoms with van der Waals surface area (Å²) in [6.07, 6.45) is -9.28. The Labute approximate surface area is 217 Å². The summed E-state index contributed by atoms with van der Waals surface area (Å²) in [7, 11) is 0. The number of nitrogens with zero attached hydrogens (tertiary/aromatic N) is 2. The van der Waals surface area contributed by atoms with Crippen LogP contribution in [0.15, 0.2) is 82.4 Å². The Morgan fingerprint density at radius 2 is 1.46 bits per heavy atom. The number of benzene rings is 3. The van der Waals surface area contributed by atoms with Gasteiger partial charge in [-0.05, 0) is 54.4 Å². The predicted molar refractivity (Wildman–Crippen MR) is 131 cm³/mol. The molecule has 0 aliphatic carbocycles. The molecule has 1 amide bonds. The Balaban J connectivity index is 1.80. The molecule has 0 saturated heterocycles. The highest BCUT2D eigenvalue weighted by molar-refractivity contribution is 5.84. The number of carbonyl (C=O) groups is 1. The minimum atomic E-state index is -4.73. The van der Waals surface area contributed by atoms with Crippen LogP contribution in [0.3, 0.4) is 0 Å². The van der Waals surface area contributed by atoms with Crippen molar-refractivity contribution >= 4 is 16.8 Å². The Morgan fingerprint density at radius 1 is 0.846 bits per heavy atom.